The van der Waals surface area contributed by atoms with Crippen LogP contribution in [0.1, 0.15) is 26.0 Å². The highest BCUT2D eigenvalue weighted by molar-refractivity contribution is 5.26. The van der Waals surface area contributed by atoms with Crippen molar-refractivity contribution in [2.75, 3.05) is 5.73 Å². The largest absolute Gasteiger partial charge is 0.381 e. The van der Waals surface area contributed by atoms with Crippen molar-refractivity contribution in [2.45, 2.75) is 26.7 Å². The standard InChI is InChI=1S/C8H14N2O/c1-3-6(2)4-7-5-8(9)10-11-7/h5-6H,3-4H2,1-2H3,(H2,9,10). The first-order chi connectivity index (χ1) is 5.22. The Morgan fingerprint density at radius 2 is 2.45 bits per heavy atom. The van der Waals surface area contributed by atoms with Gasteiger partial charge >= 0.3 is 0 Å². The molecule has 1 aromatic heterocycles. The van der Waals surface area contributed by atoms with Crippen molar-refractivity contribution in [3.05, 3.63) is 11.8 Å². The highest BCUT2D eigenvalue weighted by atomic mass is 16.5. The predicted octanol–water partition coefficient (Wildman–Crippen LogP) is 1.85. The molecule has 1 aromatic rings. The molecular formula is C8H14N2O. The van der Waals surface area contributed by atoms with E-state index in [9.17, 15) is 0 Å². The lowest BCUT2D eigenvalue weighted by atomic mass is 10.0. The van der Waals surface area contributed by atoms with E-state index in [-0.39, 0.29) is 0 Å². The van der Waals surface area contributed by atoms with Crippen LogP contribution in [0.5, 0.6) is 0 Å². The summed E-state index contributed by atoms with van der Waals surface area (Å²) in [6, 6.07) is 1.78. The lowest BCUT2D eigenvalue weighted by molar-refractivity contribution is 0.363. The SMILES string of the molecule is CCC(C)Cc1cc(N)no1. The molecule has 1 atom stereocenters. The van der Waals surface area contributed by atoms with Crippen molar-refractivity contribution >= 4 is 5.82 Å². The molecule has 0 saturated heterocycles. The van der Waals surface area contributed by atoms with E-state index < -0.39 is 0 Å². The third-order valence-corrected chi connectivity index (χ3v) is 1.82. The number of hydrogen-bond donors (Lipinski definition) is 1. The molecule has 0 aliphatic carbocycles. The summed E-state index contributed by atoms with van der Waals surface area (Å²) < 4.78 is 4.96. The van der Waals surface area contributed by atoms with E-state index in [1.165, 1.54) is 0 Å². The average molecular weight is 154 g/mol. The molecule has 0 amide bonds. The second-order valence-corrected chi connectivity index (χ2v) is 2.94. The van der Waals surface area contributed by atoms with Gasteiger partial charge in [0.2, 0.25) is 0 Å². The lowest BCUT2D eigenvalue weighted by Crippen LogP contribution is -1.95. The fourth-order valence-electron chi connectivity index (χ4n) is 0.913. The maximum Gasteiger partial charge on any atom is 0.167 e. The van der Waals surface area contributed by atoms with Gasteiger partial charge in [0, 0.05) is 12.5 Å². The van der Waals surface area contributed by atoms with Crippen LogP contribution in [0.2, 0.25) is 0 Å². The Morgan fingerprint density at radius 3 is 2.91 bits per heavy atom. The first-order valence-electron chi connectivity index (χ1n) is 3.93. The Kier molecular flexibility index (Phi) is 2.52. The van der Waals surface area contributed by atoms with Gasteiger partial charge in [0.25, 0.3) is 0 Å². The quantitative estimate of drug-likeness (QED) is 0.722. The summed E-state index contributed by atoms with van der Waals surface area (Å²) in [5.74, 6) is 2.00. The molecule has 11 heavy (non-hydrogen) atoms. The molecule has 1 unspecified atom stereocenters. The van der Waals surface area contributed by atoms with Gasteiger partial charge < -0.3 is 10.3 Å². The van der Waals surface area contributed by atoms with Crippen LogP contribution in [0, 0.1) is 5.92 Å². The van der Waals surface area contributed by atoms with Crippen LogP contribution in [0.15, 0.2) is 10.6 Å². The van der Waals surface area contributed by atoms with Crippen LogP contribution in [-0.4, -0.2) is 5.16 Å². The second-order valence-electron chi connectivity index (χ2n) is 2.94. The number of nitrogens with two attached hydrogens (primary N) is 1. The molecule has 0 aliphatic heterocycles. The minimum atomic E-state index is 0.475. The van der Waals surface area contributed by atoms with Gasteiger partial charge in [-0.3, -0.25) is 0 Å². The Hall–Kier alpha value is -0.990. The number of nitrogen functional groups attached to an aromatic ring is 1. The van der Waals surface area contributed by atoms with Gasteiger partial charge in [-0.2, -0.15) is 0 Å². The normalized spacial score (nSPS) is 13.3. The van der Waals surface area contributed by atoms with Gasteiger partial charge in [0.15, 0.2) is 5.82 Å². The Bertz CT molecular complexity index is 220. The molecule has 0 radical (unpaired) electrons. The minimum absolute atomic E-state index is 0.475. The van der Waals surface area contributed by atoms with Gasteiger partial charge in [0.1, 0.15) is 5.76 Å². The van der Waals surface area contributed by atoms with E-state index in [1.54, 1.807) is 6.07 Å². The van der Waals surface area contributed by atoms with E-state index in [2.05, 4.69) is 19.0 Å². The third kappa shape index (κ3) is 2.26. The van der Waals surface area contributed by atoms with E-state index in [4.69, 9.17) is 10.3 Å². The monoisotopic (exact) mass is 154 g/mol. The van der Waals surface area contributed by atoms with Crippen LogP contribution >= 0.6 is 0 Å². The van der Waals surface area contributed by atoms with Gasteiger partial charge in [-0.15, -0.1) is 0 Å². The first-order valence-corrected chi connectivity index (χ1v) is 3.93. The highest BCUT2D eigenvalue weighted by Crippen LogP contribution is 2.12. The Balaban J connectivity index is 2.50. The molecule has 0 bridgehead atoms. The zero-order valence-electron chi connectivity index (χ0n) is 7.00. The van der Waals surface area contributed by atoms with Crippen LogP contribution in [-0.2, 0) is 6.42 Å². The van der Waals surface area contributed by atoms with Crippen molar-refractivity contribution in [3.8, 4) is 0 Å². The molecule has 0 aliphatic rings. The lowest BCUT2D eigenvalue weighted by Gasteiger charge is -2.02. The van der Waals surface area contributed by atoms with Gasteiger partial charge in [-0.05, 0) is 5.92 Å². The summed E-state index contributed by atoms with van der Waals surface area (Å²) in [4.78, 5) is 0. The van der Waals surface area contributed by atoms with Gasteiger partial charge in [-0.1, -0.05) is 25.4 Å². The highest BCUT2D eigenvalue weighted by Gasteiger charge is 2.05. The molecule has 3 nitrogen and oxygen atoms in total. The van der Waals surface area contributed by atoms with Crippen LogP contribution in [0.25, 0.3) is 0 Å². The first kappa shape index (κ1) is 8.11. The number of anilines is 1. The Labute approximate surface area is 66.6 Å². The third-order valence-electron chi connectivity index (χ3n) is 1.82. The van der Waals surface area contributed by atoms with Gasteiger partial charge in [-0.25, -0.2) is 0 Å². The van der Waals surface area contributed by atoms with Crippen molar-refractivity contribution in [2.24, 2.45) is 5.92 Å². The van der Waals surface area contributed by atoms with Crippen molar-refractivity contribution in [1.29, 1.82) is 0 Å². The minimum Gasteiger partial charge on any atom is -0.381 e. The summed E-state index contributed by atoms with van der Waals surface area (Å²) in [5, 5.41) is 3.61. The van der Waals surface area contributed by atoms with E-state index >= 15 is 0 Å². The topological polar surface area (TPSA) is 52.0 Å². The fourth-order valence-corrected chi connectivity index (χ4v) is 0.913. The summed E-state index contributed by atoms with van der Waals surface area (Å²) in [6.45, 7) is 4.34. The number of rotatable bonds is 3. The van der Waals surface area contributed by atoms with Crippen molar-refractivity contribution < 1.29 is 4.52 Å². The van der Waals surface area contributed by atoms with E-state index in [0.717, 1.165) is 18.6 Å². The molecule has 0 fully saturated rings. The molecule has 1 heterocycles. The number of aromatic nitrogens is 1. The average Bonchev–Trinajstić information content (AvgIpc) is 2.35. The van der Waals surface area contributed by atoms with Gasteiger partial charge in [0.05, 0.1) is 0 Å². The van der Waals surface area contributed by atoms with Crippen molar-refractivity contribution in [3.63, 3.8) is 0 Å². The van der Waals surface area contributed by atoms with E-state index in [0.29, 0.717) is 11.7 Å². The predicted molar refractivity (Wildman–Crippen MR) is 44.1 cm³/mol. The van der Waals surface area contributed by atoms with Crippen LogP contribution in [0.3, 0.4) is 0 Å². The fraction of sp³-hybridized carbons (Fsp3) is 0.625. The second kappa shape index (κ2) is 3.42. The zero-order valence-corrected chi connectivity index (χ0v) is 7.00. The molecule has 62 valence electrons. The number of hydrogen-bond acceptors (Lipinski definition) is 3. The molecule has 0 aromatic carbocycles. The molecule has 0 saturated carbocycles. The molecule has 0 spiro atoms. The van der Waals surface area contributed by atoms with Crippen molar-refractivity contribution in [1.82, 2.24) is 5.16 Å². The van der Waals surface area contributed by atoms with Crippen LogP contribution < -0.4 is 5.73 Å². The summed E-state index contributed by atoms with van der Waals surface area (Å²) in [6.07, 6.45) is 2.08. The Morgan fingerprint density at radius 1 is 1.73 bits per heavy atom. The summed E-state index contributed by atoms with van der Waals surface area (Å²) >= 11 is 0. The number of nitrogens with zero attached hydrogens (tertiary/aromatic N) is 1. The molecule has 2 N–H and O–H groups in total. The summed E-state index contributed by atoms with van der Waals surface area (Å²) in [5.41, 5.74) is 5.39. The van der Waals surface area contributed by atoms with Crippen LogP contribution in [0.4, 0.5) is 5.82 Å². The summed E-state index contributed by atoms with van der Waals surface area (Å²) in [7, 11) is 0. The van der Waals surface area contributed by atoms with E-state index in [1.807, 2.05) is 0 Å². The maximum atomic E-state index is 5.39. The molecule has 3 heteroatoms. The molecule has 1 rings (SSSR count). The zero-order chi connectivity index (χ0) is 8.27. The maximum absolute atomic E-state index is 5.39. The smallest absolute Gasteiger partial charge is 0.167 e. The molecular weight excluding hydrogens is 140 g/mol.